The molecule has 0 bridgehead atoms. The van der Waals surface area contributed by atoms with Gasteiger partial charge in [-0.3, -0.25) is 14.6 Å². The minimum atomic E-state index is -0.465. The quantitative estimate of drug-likeness (QED) is 0.472. The van der Waals surface area contributed by atoms with E-state index in [1.54, 1.807) is 43.3 Å². The van der Waals surface area contributed by atoms with Gasteiger partial charge in [0, 0.05) is 16.9 Å². The highest BCUT2D eigenvalue weighted by atomic mass is 32.2. The van der Waals surface area contributed by atoms with Crippen LogP contribution in [-0.4, -0.2) is 26.3 Å². The minimum Gasteiger partial charge on any atom is -0.398 e. The first-order chi connectivity index (χ1) is 12.5. The van der Waals surface area contributed by atoms with Crippen molar-refractivity contribution in [3.63, 3.8) is 0 Å². The molecule has 0 fully saturated rings. The maximum atomic E-state index is 12.3. The van der Waals surface area contributed by atoms with Gasteiger partial charge in [-0.25, -0.2) is 0 Å². The number of carbonyl (C=O) groups excluding carboxylic acids is 1. The van der Waals surface area contributed by atoms with Crippen LogP contribution in [0.1, 0.15) is 6.92 Å². The third-order valence-corrected chi connectivity index (χ3v) is 4.57. The van der Waals surface area contributed by atoms with Crippen LogP contribution >= 0.6 is 11.8 Å². The third kappa shape index (κ3) is 4.09. The van der Waals surface area contributed by atoms with Crippen molar-refractivity contribution >= 4 is 29.0 Å². The van der Waals surface area contributed by atoms with Crippen LogP contribution in [0.2, 0.25) is 0 Å². The van der Waals surface area contributed by atoms with E-state index in [9.17, 15) is 9.59 Å². The number of anilines is 2. The number of amides is 1. The molecule has 0 saturated heterocycles. The zero-order valence-electron chi connectivity index (χ0n) is 14.0. The highest BCUT2D eigenvalue weighted by Crippen LogP contribution is 2.22. The van der Waals surface area contributed by atoms with E-state index in [0.717, 1.165) is 11.8 Å². The first kappa shape index (κ1) is 17.7. The number of thioether (sulfide) groups is 1. The molecule has 0 aliphatic heterocycles. The fraction of sp³-hybridized carbons (Fsp3) is 0.111. The lowest BCUT2D eigenvalue weighted by Gasteiger charge is -2.11. The van der Waals surface area contributed by atoms with E-state index in [1.165, 1.54) is 0 Å². The molecule has 0 spiro atoms. The normalized spacial score (nSPS) is 11.7. The molecule has 0 unspecified atom stereocenters. The van der Waals surface area contributed by atoms with Crippen LogP contribution in [0, 0.1) is 0 Å². The van der Waals surface area contributed by atoms with E-state index in [-0.39, 0.29) is 16.8 Å². The monoisotopic (exact) mass is 367 g/mol. The van der Waals surface area contributed by atoms with Gasteiger partial charge in [0.15, 0.2) is 10.9 Å². The number of H-pyrrole nitrogens is 1. The van der Waals surface area contributed by atoms with Gasteiger partial charge in [0.2, 0.25) is 5.91 Å². The number of nitrogen functional groups attached to an aromatic ring is 1. The molecule has 132 valence electrons. The predicted molar refractivity (Wildman–Crippen MR) is 103 cm³/mol. The van der Waals surface area contributed by atoms with E-state index in [2.05, 4.69) is 20.5 Å². The fourth-order valence-corrected chi connectivity index (χ4v) is 2.99. The maximum absolute atomic E-state index is 12.3. The summed E-state index contributed by atoms with van der Waals surface area (Å²) < 4.78 is 0. The van der Waals surface area contributed by atoms with E-state index < -0.39 is 10.8 Å². The summed E-state index contributed by atoms with van der Waals surface area (Å²) in [5, 5.41) is 10.6. The SMILES string of the molecule is C[C@@H](Sc1nnc(-c2ccccc2N)c(=O)[nH]1)C(=O)Nc1ccccc1. The average Bonchev–Trinajstić information content (AvgIpc) is 2.63. The van der Waals surface area contributed by atoms with Crippen molar-refractivity contribution in [1.29, 1.82) is 0 Å². The molecule has 1 heterocycles. The lowest BCUT2D eigenvalue weighted by atomic mass is 10.1. The topological polar surface area (TPSA) is 114 Å². The molecule has 2 aromatic carbocycles. The number of nitrogens with two attached hydrogens (primary N) is 1. The Bertz CT molecular complexity index is 975. The van der Waals surface area contributed by atoms with Crippen molar-refractivity contribution in [2.45, 2.75) is 17.3 Å². The van der Waals surface area contributed by atoms with Crippen molar-refractivity contribution < 1.29 is 4.79 Å². The molecule has 0 aliphatic carbocycles. The lowest BCUT2D eigenvalue weighted by molar-refractivity contribution is -0.115. The summed E-state index contributed by atoms with van der Waals surface area (Å²) in [6.45, 7) is 1.73. The van der Waals surface area contributed by atoms with Gasteiger partial charge >= 0.3 is 0 Å². The molecule has 1 aromatic heterocycles. The van der Waals surface area contributed by atoms with Crippen molar-refractivity contribution in [3.8, 4) is 11.3 Å². The van der Waals surface area contributed by atoms with Crippen molar-refractivity contribution in [2.75, 3.05) is 11.1 Å². The third-order valence-electron chi connectivity index (χ3n) is 3.59. The highest BCUT2D eigenvalue weighted by molar-refractivity contribution is 8.00. The number of benzene rings is 2. The predicted octanol–water partition coefficient (Wildman–Crippen LogP) is 2.53. The Morgan fingerprint density at radius 3 is 2.50 bits per heavy atom. The zero-order valence-corrected chi connectivity index (χ0v) is 14.8. The van der Waals surface area contributed by atoms with E-state index in [0.29, 0.717) is 16.9 Å². The minimum absolute atomic E-state index is 0.147. The standard InChI is InChI=1S/C18H17N5O2S/c1-11(16(24)20-12-7-3-2-4-8-12)26-18-21-17(25)15(22-23-18)13-9-5-6-10-14(13)19/h2-11H,19H2,1H3,(H,20,24)(H,21,23,25)/t11-/m1/s1. The molecule has 0 saturated carbocycles. The van der Waals surface area contributed by atoms with Crippen LogP contribution in [0.25, 0.3) is 11.3 Å². The molecule has 3 aromatic rings. The lowest BCUT2D eigenvalue weighted by Crippen LogP contribution is -2.23. The largest absolute Gasteiger partial charge is 0.398 e. The Hall–Kier alpha value is -3.13. The summed E-state index contributed by atoms with van der Waals surface area (Å²) in [4.78, 5) is 27.2. The Morgan fingerprint density at radius 1 is 1.12 bits per heavy atom. The van der Waals surface area contributed by atoms with E-state index in [1.807, 2.05) is 18.2 Å². The smallest absolute Gasteiger partial charge is 0.278 e. The Morgan fingerprint density at radius 2 is 1.81 bits per heavy atom. The summed E-state index contributed by atoms with van der Waals surface area (Å²) in [7, 11) is 0. The summed E-state index contributed by atoms with van der Waals surface area (Å²) in [5.74, 6) is -0.194. The van der Waals surface area contributed by atoms with Gasteiger partial charge in [0.05, 0.1) is 5.25 Å². The number of para-hydroxylation sites is 2. The van der Waals surface area contributed by atoms with Gasteiger partial charge in [0.25, 0.3) is 5.56 Å². The van der Waals surface area contributed by atoms with Gasteiger partial charge in [-0.2, -0.15) is 0 Å². The van der Waals surface area contributed by atoms with Gasteiger partial charge < -0.3 is 11.1 Å². The number of nitrogens with zero attached hydrogens (tertiary/aromatic N) is 2. The van der Waals surface area contributed by atoms with Crippen molar-refractivity contribution in [3.05, 3.63) is 65.0 Å². The summed E-state index contributed by atoms with van der Waals surface area (Å²) in [6.07, 6.45) is 0. The first-order valence-electron chi connectivity index (χ1n) is 7.89. The summed E-state index contributed by atoms with van der Waals surface area (Å²) in [6, 6.07) is 16.1. The molecule has 8 heteroatoms. The number of nitrogens with one attached hydrogen (secondary N) is 2. The second kappa shape index (κ2) is 7.83. The Labute approximate surface area is 154 Å². The molecule has 7 nitrogen and oxygen atoms in total. The van der Waals surface area contributed by atoms with Crippen LogP contribution in [0.4, 0.5) is 11.4 Å². The second-order valence-electron chi connectivity index (χ2n) is 5.51. The number of hydrogen-bond acceptors (Lipinski definition) is 6. The molecule has 3 rings (SSSR count). The first-order valence-corrected chi connectivity index (χ1v) is 8.77. The van der Waals surface area contributed by atoms with Gasteiger partial charge in [0.1, 0.15) is 0 Å². The van der Waals surface area contributed by atoms with Gasteiger partial charge in [-0.1, -0.05) is 48.2 Å². The number of rotatable bonds is 5. The second-order valence-corrected chi connectivity index (χ2v) is 6.84. The van der Waals surface area contributed by atoms with E-state index >= 15 is 0 Å². The van der Waals surface area contributed by atoms with Crippen LogP contribution in [0.5, 0.6) is 0 Å². The Kier molecular flexibility index (Phi) is 5.33. The number of hydrogen-bond donors (Lipinski definition) is 3. The number of carbonyl (C=O) groups is 1. The molecule has 4 N–H and O–H groups in total. The summed E-state index contributed by atoms with van der Waals surface area (Å²) >= 11 is 1.12. The average molecular weight is 367 g/mol. The highest BCUT2D eigenvalue weighted by Gasteiger charge is 2.17. The molecular formula is C18H17N5O2S. The molecular weight excluding hydrogens is 350 g/mol. The molecule has 1 atom stereocenters. The van der Waals surface area contributed by atoms with E-state index in [4.69, 9.17) is 5.73 Å². The van der Waals surface area contributed by atoms with Crippen LogP contribution in [0.15, 0.2) is 64.5 Å². The maximum Gasteiger partial charge on any atom is 0.278 e. The molecule has 26 heavy (non-hydrogen) atoms. The number of aromatic nitrogens is 3. The fourth-order valence-electron chi connectivity index (χ4n) is 2.25. The summed E-state index contributed by atoms with van der Waals surface area (Å²) in [5.41, 5.74) is 7.29. The number of aromatic amines is 1. The van der Waals surface area contributed by atoms with Gasteiger partial charge in [-0.15, -0.1) is 10.2 Å². The molecule has 0 aliphatic rings. The Balaban J connectivity index is 1.72. The van der Waals surface area contributed by atoms with Gasteiger partial charge in [-0.05, 0) is 25.1 Å². The van der Waals surface area contributed by atoms with Crippen molar-refractivity contribution in [1.82, 2.24) is 15.2 Å². The molecule has 0 radical (unpaired) electrons. The zero-order chi connectivity index (χ0) is 18.5. The van der Waals surface area contributed by atoms with Crippen LogP contribution in [0.3, 0.4) is 0 Å². The van der Waals surface area contributed by atoms with Crippen LogP contribution in [-0.2, 0) is 4.79 Å². The molecule has 1 amide bonds. The van der Waals surface area contributed by atoms with Crippen LogP contribution < -0.4 is 16.6 Å². The van der Waals surface area contributed by atoms with Crippen molar-refractivity contribution in [2.24, 2.45) is 0 Å².